The molecule has 1 atom stereocenters. The highest BCUT2D eigenvalue weighted by atomic mass is 35.5. The molecule has 13 heteroatoms. The van der Waals surface area contributed by atoms with E-state index >= 15 is 4.39 Å². The van der Waals surface area contributed by atoms with Crippen molar-refractivity contribution in [2.24, 2.45) is 7.05 Å². The average Bonchev–Trinajstić information content (AvgIpc) is 3.55. The number of aryl methyl sites for hydroxylation is 1. The molecular formula is C26H26ClF2N7O3. The lowest BCUT2D eigenvalue weighted by Gasteiger charge is -2.25. The molecule has 39 heavy (non-hydrogen) atoms. The first-order valence-electron chi connectivity index (χ1n) is 11.8. The lowest BCUT2D eigenvalue weighted by Crippen LogP contribution is -2.48. The molecule has 0 fully saturated rings. The Morgan fingerprint density at radius 2 is 2.03 bits per heavy atom. The normalized spacial score (nSPS) is 11.7. The van der Waals surface area contributed by atoms with Gasteiger partial charge in [0.05, 0.1) is 42.6 Å². The quantitative estimate of drug-likeness (QED) is 0.267. The molecule has 0 radical (unpaired) electrons. The number of imidazole rings is 1. The minimum atomic E-state index is -0.813. The van der Waals surface area contributed by atoms with Crippen LogP contribution in [0.25, 0.3) is 28.1 Å². The van der Waals surface area contributed by atoms with Gasteiger partial charge >= 0.3 is 6.03 Å². The van der Waals surface area contributed by atoms with Gasteiger partial charge in [-0.05, 0) is 42.8 Å². The van der Waals surface area contributed by atoms with Crippen molar-refractivity contribution >= 4 is 23.3 Å². The van der Waals surface area contributed by atoms with E-state index in [-0.39, 0.29) is 40.2 Å². The Bertz CT molecular complexity index is 1520. The summed E-state index contributed by atoms with van der Waals surface area (Å²) in [6.45, 7) is 7.41. The van der Waals surface area contributed by atoms with E-state index in [1.54, 1.807) is 31.7 Å². The van der Waals surface area contributed by atoms with E-state index < -0.39 is 23.7 Å². The van der Waals surface area contributed by atoms with E-state index in [0.717, 1.165) is 0 Å². The number of methoxy groups -OCH3 is 1. The number of nitrogens with one attached hydrogen (secondary N) is 2. The van der Waals surface area contributed by atoms with E-state index in [1.807, 2.05) is 0 Å². The lowest BCUT2D eigenvalue weighted by molar-refractivity contribution is 0.183. The number of urea groups is 1. The Morgan fingerprint density at radius 3 is 2.64 bits per heavy atom. The zero-order chi connectivity index (χ0) is 28.3. The summed E-state index contributed by atoms with van der Waals surface area (Å²) < 4.78 is 42.0. The molecule has 0 aliphatic carbocycles. The molecule has 4 rings (SSSR count). The third-order valence-corrected chi connectivity index (χ3v) is 5.99. The highest BCUT2D eigenvalue weighted by Gasteiger charge is 2.22. The van der Waals surface area contributed by atoms with Crippen molar-refractivity contribution in [3.63, 3.8) is 0 Å². The van der Waals surface area contributed by atoms with Gasteiger partial charge in [0.25, 0.3) is 5.88 Å². The summed E-state index contributed by atoms with van der Waals surface area (Å²) in [7, 11) is 3.20. The van der Waals surface area contributed by atoms with Crippen LogP contribution in [0, 0.1) is 11.6 Å². The van der Waals surface area contributed by atoms with Crippen LogP contribution in [0.3, 0.4) is 0 Å². The Morgan fingerprint density at radius 1 is 1.26 bits per heavy atom. The molecule has 0 aliphatic rings. The van der Waals surface area contributed by atoms with E-state index in [2.05, 4.69) is 32.4 Å². The third-order valence-electron chi connectivity index (χ3n) is 5.77. The zero-order valence-electron chi connectivity index (χ0n) is 21.6. The van der Waals surface area contributed by atoms with Crippen molar-refractivity contribution < 1.29 is 22.8 Å². The molecule has 3 heterocycles. The van der Waals surface area contributed by atoms with Crippen molar-refractivity contribution in [3.05, 3.63) is 77.7 Å². The number of amides is 2. The van der Waals surface area contributed by atoms with Crippen LogP contribution in [0.5, 0.6) is 5.88 Å². The van der Waals surface area contributed by atoms with Gasteiger partial charge in [-0.15, -0.1) is 0 Å². The molecule has 0 saturated carbocycles. The van der Waals surface area contributed by atoms with Crippen LogP contribution in [0.1, 0.15) is 31.3 Å². The molecule has 2 amide bonds. The van der Waals surface area contributed by atoms with E-state index in [9.17, 15) is 9.18 Å². The topological polar surface area (TPSA) is 110 Å². The summed E-state index contributed by atoms with van der Waals surface area (Å²) in [5, 5.41) is 7.76. The van der Waals surface area contributed by atoms with E-state index in [0.29, 0.717) is 16.8 Å². The van der Waals surface area contributed by atoms with Crippen molar-refractivity contribution in [1.29, 1.82) is 0 Å². The number of benzene rings is 1. The first-order valence-corrected chi connectivity index (χ1v) is 12.2. The molecule has 0 spiro atoms. The Kier molecular flexibility index (Phi) is 8.15. The summed E-state index contributed by atoms with van der Waals surface area (Å²) >= 11 is 6.11. The van der Waals surface area contributed by atoms with E-state index in [4.69, 9.17) is 20.9 Å². The molecule has 0 aliphatic heterocycles. The largest absolute Gasteiger partial charge is 0.479 e. The van der Waals surface area contributed by atoms with Crippen molar-refractivity contribution in [1.82, 2.24) is 35.4 Å². The molecule has 4 aromatic rings. The minimum Gasteiger partial charge on any atom is -0.479 e. The Labute approximate surface area is 228 Å². The number of pyridine rings is 1. The van der Waals surface area contributed by atoms with Crippen molar-refractivity contribution in [3.8, 4) is 28.3 Å². The number of carbonyl (C=O) groups is 1. The molecule has 3 aromatic heterocycles. The molecule has 0 bridgehead atoms. The second-order valence-corrected chi connectivity index (χ2v) is 9.00. The summed E-state index contributed by atoms with van der Waals surface area (Å²) in [4.78, 5) is 21.3. The monoisotopic (exact) mass is 557 g/mol. The van der Waals surface area contributed by atoms with Crippen LogP contribution >= 0.6 is 11.6 Å². The second kappa shape index (κ2) is 11.5. The lowest BCUT2D eigenvalue weighted by atomic mass is 9.98. The maximum absolute atomic E-state index is 15.3. The van der Waals surface area contributed by atoms with Gasteiger partial charge in [-0.3, -0.25) is 10.4 Å². The summed E-state index contributed by atoms with van der Waals surface area (Å²) in [6, 6.07) is 4.06. The molecule has 0 saturated heterocycles. The van der Waals surface area contributed by atoms with Gasteiger partial charge < -0.3 is 19.1 Å². The number of ether oxygens (including phenoxy) is 1. The average molecular weight is 558 g/mol. The van der Waals surface area contributed by atoms with Crippen LogP contribution in [0.4, 0.5) is 13.6 Å². The fraction of sp³-hybridized carbons (Fsp3) is 0.231. The number of carbonyl (C=O) groups excluding carboxylic acids is 1. The van der Waals surface area contributed by atoms with E-state index in [1.165, 1.54) is 48.9 Å². The van der Waals surface area contributed by atoms with Gasteiger partial charge in [-0.25, -0.2) is 23.6 Å². The molecular weight excluding hydrogens is 532 g/mol. The molecule has 204 valence electrons. The summed E-state index contributed by atoms with van der Waals surface area (Å²) in [5.74, 6) is -0.760. The van der Waals surface area contributed by atoms with Gasteiger partial charge in [0.2, 0.25) is 0 Å². The van der Waals surface area contributed by atoms with Gasteiger partial charge in [0.1, 0.15) is 11.6 Å². The summed E-state index contributed by atoms with van der Waals surface area (Å²) in [5.41, 5.74) is 4.24. The predicted molar refractivity (Wildman–Crippen MR) is 141 cm³/mol. The second-order valence-electron chi connectivity index (χ2n) is 8.56. The summed E-state index contributed by atoms with van der Waals surface area (Å²) in [6.07, 6.45) is 4.58. The smallest absolute Gasteiger partial charge is 0.336 e. The van der Waals surface area contributed by atoms with Crippen LogP contribution in [-0.4, -0.2) is 44.4 Å². The number of nitrogens with zero attached hydrogens (tertiary/aromatic N) is 5. The maximum Gasteiger partial charge on any atom is 0.336 e. The fourth-order valence-corrected chi connectivity index (χ4v) is 4.04. The van der Waals surface area contributed by atoms with Crippen LogP contribution in [0.2, 0.25) is 5.02 Å². The van der Waals surface area contributed by atoms with Gasteiger partial charge in [-0.1, -0.05) is 18.2 Å². The predicted octanol–water partition coefficient (Wildman–Crippen LogP) is 5.35. The van der Waals surface area contributed by atoms with Crippen molar-refractivity contribution in [2.75, 3.05) is 13.7 Å². The highest BCUT2D eigenvalue weighted by molar-refractivity contribution is 6.31. The van der Waals surface area contributed by atoms with Crippen LogP contribution in [-0.2, 0) is 7.05 Å². The zero-order valence-corrected chi connectivity index (χ0v) is 22.4. The SMILES string of the molecule is C=C(NN(CC)C(=O)N[C@H](C)c1ncc(-c2cc(Cl)cc(F)c2-c2cn(C)cn2)cc1F)c1cc(OC)no1. The highest BCUT2D eigenvalue weighted by Crippen LogP contribution is 2.36. The number of hydrazine groups is 1. The van der Waals surface area contributed by atoms with Gasteiger partial charge in [0, 0.05) is 42.1 Å². The maximum atomic E-state index is 15.3. The van der Waals surface area contributed by atoms with Gasteiger partial charge in [-0.2, -0.15) is 0 Å². The fourth-order valence-electron chi connectivity index (χ4n) is 3.84. The Balaban J connectivity index is 1.53. The standard InChI is InChI=1S/C26H26ClF2N7O3/c1-6-36(33-14(2)22-10-23(38-5)34-39-22)26(37)32-15(3)25-20(29)7-16(11-30-25)18-8-17(27)9-19(28)24(18)21-12-35(4)13-31-21/h7-13,15,33H,2,6H2,1,3-5H3,(H,32,37)/t15-/m1/s1. The third kappa shape index (κ3) is 6.01. The van der Waals surface area contributed by atoms with Crippen molar-refractivity contribution in [2.45, 2.75) is 19.9 Å². The molecule has 1 aromatic carbocycles. The number of hydrogen-bond donors (Lipinski definition) is 2. The first kappa shape index (κ1) is 27.6. The van der Waals surface area contributed by atoms with Gasteiger partial charge in [0.15, 0.2) is 5.76 Å². The molecule has 10 nitrogen and oxygen atoms in total. The molecule has 0 unspecified atom stereocenters. The molecule has 2 N–H and O–H groups in total. The first-order chi connectivity index (χ1) is 18.6. The minimum absolute atomic E-state index is 0.0103. The number of aromatic nitrogens is 4. The number of hydrogen-bond acceptors (Lipinski definition) is 7. The van der Waals surface area contributed by atoms with Crippen LogP contribution in [0.15, 0.2) is 54.1 Å². The number of rotatable bonds is 9. The Hall–Kier alpha value is -4.45. The number of halogens is 3. The van der Waals surface area contributed by atoms with Crippen LogP contribution < -0.4 is 15.5 Å².